The summed E-state index contributed by atoms with van der Waals surface area (Å²) in [6.45, 7) is 2.69. The van der Waals surface area contributed by atoms with E-state index < -0.39 is 0 Å². The molecule has 1 heterocycles. The molecule has 0 atom stereocenters. The molecule has 1 aromatic heterocycles. The lowest BCUT2D eigenvalue weighted by molar-refractivity contribution is 0.0648. The number of halogens is 1. The highest BCUT2D eigenvalue weighted by atomic mass is 35.5. The molecule has 0 saturated heterocycles. The van der Waals surface area contributed by atoms with E-state index in [1.165, 1.54) is 25.5 Å². The van der Waals surface area contributed by atoms with E-state index in [2.05, 4.69) is 4.98 Å². The smallest absolute Gasteiger partial charge is 0.257 e. The predicted octanol–water partition coefficient (Wildman–Crippen LogP) is 3.11. The molecular formula is C14H20ClN3O. The molecule has 1 amide bonds. The summed E-state index contributed by atoms with van der Waals surface area (Å²) >= 11 is 6.02. The number of nitrogens with two attached hydrogens (primary N) is 1. The minimum atomic E-state index is -0.0563. The summed E-state index contributed by atoms with van der Waals surface area (Å²) in [5.74, 6) is -0.0563. The lowest BCUT2D eigenvalue weighted by atomic mass is 9.94. The van der Waals surface area contributed by atoms with Crippen molar-refractivity contribution in [1.29, 1.82) is 0 Å². The second-order valence-corrected chi connectivity index (χ2v) is 5.35. The van der Waals surface area contributed by atoms with Crippen molar-refractivity contribution in [3.63, 3.8) is 0 Å². The first kappa shape index (κ1) is 14.1. The van der Waals surface area contributed by atoms with Crippen LogP contribution in [0.5, 0.6) is 0 Å². The number of nitrogens with zero attached hydrogens (tertiary/aromatic N) is 2. The second kappa shape index (κ2) is 6.24. The fraction of sp³-hybridized carbons (Fsp3) is 0.571. The number of amides is 1. The Kier molecular flexibility index (Phi) is 4.64. The molecule has 1 aliphatic carbocycles. The van der Waals surface area contributed by atoms with Gasteiger partial charge < -0.3 is 10.6 Å². The van der Waals surface area contributed by atoms with E-state index in [-0.39, 0.29) is 11.1 Å². The van der Waals surface area contributed by atoms with Gasteiger partial charge in [-0.25, -0.2) is 4.98 Å². The number of aromatic nitrogens is 1. The zero-order chi connectivity index (χ0) is 13.8. The molecule has 0 unspecified atom stereocenters. The van der Waals surface area contributed by atoms with Crippen LogP contribution < -0.4 is 5.73 Å². The molecular weight excluding hydrogens is 262 g/mol. The van der Waals surface area contributed by atoms with E-state index >= 15 is 0 Å². The van der Waals surface area contributed by atoms with E-state index in [4.69, 9.17) is 17.3 Å². The molecule has 1 fully saturated rings. The highest BCUT2D eigenvalue weighted by molar-refractivity contribution is 6.32. The van der Waals surface area contributed by atoms with Crippen molar-refractivity contribution >= 4 is 23.2 Å². The number of carbonyl (C=O) groups excluding carboxylic acids is 1. The molecule has 0 aliphatic heterocycles. The normalized spacial score (nSPS) is 16.3. The van der Waals surface area contributed by atoms with Crippen molar-refractivity contribution in [3.05, 3.63) is 23.0 Å². The van der Waals surface area contributed by atoms with Gasteiger partial charge in [0.2, 0.25) is 0 Å². The van der Waals surface area contributed by atoms with E-state index in [1.807, 2.05) is 11.8 Å². The van der Waals surface area contributed by atoms with Crippen molar-refractivity contribution in [2.75, 3.05) is 12.3 Å². The maximum Gasteiger partial charge on any atom is 0.257 e. The summed E-state index contributed by atoms with van der Waals surface area (Å²) < 4.78 is 0. The molecule has 1 saturated carbocycles. The van der Waals surface area contributed by atoms with Gasteiger partial charge in [-0.1, -0.05) is 30.9 Å². The lowest BCUT2D eigenvalue weighted by Gasteiger charge is -2.33. The number of carbonyl (C=O) groups is 1. The van der Waals surface area contributed by atoms with Crippen LogP contribution in [0.15, 0.2) is 12.3 Å². The summed E-state index contributed by atoms with van der Waals surface area (Å²) in [5, 5.41) is 0.230. The van der Waals surface area contributed by atoms with Gasteiger partial charge in [0.15, 0.2) is 0 Å². The summed E-state index contributed by atoms with van der Waals surface area (Å²) in [6, 6.07) is 1.94. The van der Waals surface area contributed by atoms with Crippen LogP contribution in [0.3, 0.4) is 0 Å². The first-order valence-corrected chi connectivity index (χ1v) is 7.23. The fourth-order valence-corrected chi connectivity index (χ4v) is 2.91. The van der Waals surface area contributed by atoms with Crippen LogP contribution in [0, 0.1) is 0 Å². The average molecular weight is 282 g/mol. The molecule has 2 rings (SSSR count). The van der Waals surface area contributed by atoms with Gasteiger partial charge in [0.05, 0.1) is 17.4 Å². The summed E-state index contributed by atoms with van der Waals surface area (Å²) in [5.41, 5.74) is 6.57. The Morgan fingerprint density at radius 1 is 1.47 bits per heavy atom. The minimum absolute atomic E-state index is 0.0563. The van der Waals surface area contributed by atoms with Crippen molar-refractivity contribution < 1.29 is 4.79 Å². The van der Waals surface area contributed by atoms with E-state index in [0.717, 1.165) is 12.8 Å². The van der Waals surface area contributed by atoms with Gasteiger partial charge in [0, 0.05) is 12.6 Å². The Morgan fingerprint density at radius 2 is 2.16 bits per heavy atom. The standard InChI is InChI=1S/C14H20ClN3O/c1-2-18(11-6-4-3-5-7-11)14(19)12-8-10(16)9-17-13(12)15/h8-9,11H,2-7,16H2,1H3. The van der Waals surface area contributed by atoms with Gasteiger partial charge in [0.25, 0.3) is 5.91 Å². The highest BCUT2D eigenvalue weighted by Gasteiger charge is 2.26. The Balaban J connectivity index is 2.22. The zero-order valence-electron chi connectivity index (χ0n) is 11.2. The number of rotatable bonds is 3. The zero-order valence-corrected chi connectivity index (χ0v) is 12.0. The van der Waals surface area contributed by atoms with Crippen molar-refractivity contribution in [2.24, 2.45) is 0 Å². The van der Waals surface area contributed by atoms with Gasteiger partial charge in [-0.3, -0.25) is 4.79 Å². The maximum absolute atomic E-state index is 12.6. The summed E-state index contributed by atoms with van der Waals surface area (Å²) in [4.78, 5) is 18.5. The van der Waals surface area contributed by atoms with Gasteiger partial charge in [0.1, 0.15) is 5.15 Å². The third kappa shape index (κ3) is 3.18. The van der Waals surface area contributed by atoms with Gasteiger partial charge >= 0.3 is 0 Å². The molecule has 1 aromatic rings. The number of pyridine rings is 1. The SMILES string of the molecule is CCN(C(=O)c1cc(N)cnc1Cl)C1CCCCC1. The monoisotopic (exact) mass is 281 g/mol. The number of anilines is 1. The molecule has 0 spiro atoms. The van der Waals surface area contributed by atoms with Crippen LogP contribution >= 0.6 is 11.6 Å². The molecule has 0 aromatic carbocycles. The first-order valence-electron chi connectivity index (χ1n) is 6.85. The molecule has 5 heteroatoms. The predicted molar refractivity (Wildman–Crippen MR) is 77.2 cm³/mol. The van der Waals surface area contributed by atoms with Crippen molar-refractivity contribution in [2.45, 2.75) is 45.1 Å². The Hall–Kier alpha value is -1.29. The van der Waals surface area contributed by atoms with Crippen LogP contribution in [-0.2, 0) is 0 Å². The van der Waals surface area contributed by atoms with E-state index in [1.54, 1.807) is 6.07 Å². The molecule has 104 valence electrons. The van der Waals surface area contributed by atoms with E-state index in [0.29, 0.717) is 23.8 Å². The maximum atomic E-state index is 12.6. The second-order valence-electron chi connectivity index (χ2n) is 4.99. The third-order valence-electron chi connectivity index (χ3n) is 3.71. The Bertz CT molecular complexity index is 458. The minimum Gasteiger partial charge on any atom is -0.397 e. The Morgan fingerprint density at radius 3 is 2.79 bits per heavy atom. The fourth-order valence-electron chi connectivity index (χ4n) is 2.73. The summed E-state index contributed by atoms with van der Waals surface area (Å²) in [6.07, 6.45) is 7.27. The van der Waals surface area contributed by atoms with Crippen LogP contribution in [0.4, 0.5) is 5.69 Å². The molecule has 1 aliphatic rings. The van der Waals surface area contributed by atoms with Crippen LogP contribution in [0.25, 0.3) is 0 Å². The molecule has 4 nitrogen and oxygen atoms in total. The van der Waals surface area contributed by atoms with Crippen LogP contribution in [0.2, 0.25) is 5.15 Å². The van der Waals surface area contributed by atoms with Gasteiger partial charge in [-0.05, 0) is 25.8 Å². The number of nitrogen functional groups attached to an aromatic ring is 1. The molecule has 2 N–H and O–H groups in total. The molecule has 0 radical (unpaired) electrons. The van der Waals surface area contributed by atoms with Crippen molar-refractivity contribution in [1.82, 2.24) is 9.88 Å². The lowest BCUT2D eigenvalue weighted by Crippen LogP contribution is -2.41. The highest BCUT2D eigenvalue weighted by Crippen LogP contribution is 2.25. The quantitative estimate of drug-likeness (QED) is 0.866. The average Bonchev–Trinajstić information content (AvgIpc) is 2.43. The number of hydrogen-bond acceptors (Lipinski definition) is 3. The number of hydrogen-bond donors (Lipinski definition) is 1. The van der Waals surface area contributed by atoms with Crippen LogP contribution in [0.1, 0.15) is 49.4 Å². The van der Waals surface area contributed by atoms with Crippen LogP contribution in [-0.4, -0.2) is 28.4 Å². The molecule has 0 bridgehead atoms. The first-order chi connectivity index (χ1) is 9.13. The topological polar surface area (TPSA) is 59.2 Å². The van der Waals surface area contributed by atoms with Gasteiger partial charge in [-0.2, -0.15) is 0 Å². The third-order valence-corrected chi connectivity index (χ3v) is 4.01. The van der Waals surface area contributed by atoms with Gasteiger partial charge in [-0.15, -0.1) is 0 Å². The van der Waals surface area contributed by atoms with E-state index in [9.17, 15) is 4.79 Å². The largest absolute Gasteiger partial charge is 0.397 e. The van der Waals surface area contributed by atoms with Crippen molar-refractivity contribution in [3.8, 4) is 0 Å². The molecule has 19 heavy (non-hydrogen) atoms. The summed E-state index contributed by atoms with van der Waals surface area (Å²) in [7, 11) is 0. The Labute approximate surface area is 118 Å².